The van der Waals surface area contributed by atoms with Crippen LogP contribution in [-0.4, -0.2) is 59.7 Å². The number of benzene rings is 1. The number of rotatable bonds is 6. The van der Waals surface area contributed by atoms with Crippen molar-refractivity contribution in [3.8, 4) is 5.75 Å². The smallest absolute Gasteiger partial charge is 0.255 e. The monoisotopic (exact) mass is 349 g/mol. The molecule has 1 saturated heterocycles. The number of hydrogen-bond acceptors (Lipinski definition) is 5. The molecule has 7 heteroatoms. The highest BCUT2D eigenvalue weighted by Gasteiger charge is 2.28. The van der Waals surface area contributed by atoms with Gasteiger partial charge in [-0.2, -0.15) is 0 Å². The molecule has 0 spiro atoms. The Hall–Kier alpha value is -2.12. The Morgan fingerprint density at radius 3 is 2.64 bits per heavy atom. The minimum Gasteiger partial charge on any atom is -0.484 e. The molecule has 0 radical (unpaired) electrons. The van der Waals surface area contributed by atoms with Crippen LogP contribution in [0.3, 0.4) is 0 Å². The first kappa shape index (κ1) is 19.2. The summed E-state index contributed by atoms with van der Waals surface area (Å²) in [5, 5.41) is 13.2. The summed E-state index contributed by atoms with van der Waals surface area (Å²) in [6.45, 7) is 5.57. The molecular weight excluding hydrogens is 322 g/mol. The van der Waals surface area contributed by atoms with Crippen LogP contribution in [0.25, 0.3) is 0 Å². The topological polar surface area (TPSA) is 105 Å². The van der Waals surface area contributed by atoms with Gasteiger partial charge in [-0.1, -0.05) is 0 Å². The SMILES string of the molecule is CC(C)N1CCC[C@@H](O)[C@H](NC(=O)c2ccc(OCC(N)=O)cc2)C1. The number of primary amides is 1. The Labute approximate surface area is 148 Å². The van der Waals surface area contributed by atoms with E-state index in [9.17, 15) is 14.7 Å². The molecule has 2 amide bonds. The van der Waals surface area contributed by atoms with Gasteiger partial charge in [0.25, 0.3) is 11.8 Å². The third-order valence-corrected chi connectivity index (χ3v) is 4.39. The Bertz CT molecular complexity index is 588. The summed E-state index contributed by atoms with van der Waals surface area (Å²) >= 11 is 0. The van der Waals surface area contributed by atoms with E-state index in [2.05, 4.69) is 24.1 Å². The first-order chi connectivity index (χ1) is 11.9. The number of ether oxygens (including phenoxy) is 1. The second-order valence-corrected chi connectivity index (χ2v) is 6.66. The van der Waals surface area contributed by atoms with E-state index in [1.54, 1.807) is 24.3 Å². The summed E-state index contributed by atoms with van der Waals surface area (Å²) in [6.07, 6.45) is 1.04. The van der Waals surface area contributed by atoms with Gasteiger partial charge in [0.2, 0.25) is 0 Å². The van der Waals surface area contributed by atoms with Gasteiger partial charge < -0.3 is 20.9 Å². The number of likely N-dealkylation sites (tertiary alicyclic amines) is 1. The van der Waals surface area contributed by atoms with Crippen molar-refractivity contribution in [1.82, 2.24) is 10.2 Å². The van der Waals surface area contributed by atoms with Crippen molar-refractivity contribution in [3.05, 3.63) is 29.8 Å². The fraction of sp³-hybridized carbons (Fsp3) is 0.556. The van der Waals surface area contributed by atoms with Gasteiger partial charge in [0.1, 0.15) is 5.75 Å². The van der Waals surface area contributed by atoms with Crippen LogP contribution >= 0.6 is 0 Å². The molecule has 138 valence electrons. The fourth-order valence-electron chi connectivity index (χ4n) is 2.89. The molecule has 2 rings (SSSR count). The molecule has 4 N–H and O–H groups in total. The lowest BCUT2D eigenvalue weighted by Crippen LogP contribution is -2.50. The number of nitrogens with two attached hydrogens (primary N) is 1. The summed E-state index contributed by atoms with van der Waals surface area (Å²) in [7, 11) is 0. The summed E-state index contributed by atoms with van der Waals surface area (Å²) < 4.78 is 5.17. The molecule has 1 aliphatic heterocycles. The van der Waals surface area contributed by atoms with E-state index in [1.807, 2.05) is 0 Å². The van der Waals surface area contributed by atoms with E-state index >= 15 is 0 Å². The van der Waals surface area contributed by atoms with Gasteiger partial charge in [-0.05, 0) is 57.5 Å². The molecule has 0 saturated carbocycles. The van der Waals surface area contributed by atoms with Crippen molar-refractivity contribution >= 4 is 11.8 Å². The van der Waals surface area contributed by atoms with Crippen molar-refractivity contribution in [1.29, 1.82) is 0 Å². The van der Waals surface area contributed by atoms with Gasteiger partial charge >= 0.3 is 0 Å². The largest absolute Gasteiger partial charge is 0.484 e. The molecule has 2 atom stereocenters. The second-order valence-electron chi connectivity index (χ2n) is 6.66. The number of aliphatic hydroxyl groups excluding tert-OH is 1. The zero-order chi connectivity index (χ0) is 18.4. The van der Waals surface area contributed by atoms with E-state index in [0.29, 0.717) is 30.3 Å². The lowest BCUT2D eigenvalue weighted by Gasteiger charge is -2.29. The van der Waals surface area contributed by atoms with Crippen LogP contribution in [0.15, 0.2) is 24.3 Å². The van der Waals surface area contributed by atoms with Crippen molar-refractivity contribution in [2.24, 2.45) is 5.73 Å². The zero-order valence-corrected chi connectivity index (χ0v) is 14.8. The Kier molecular flexibility index (Phi) is 6.78. The van der Waals surface area contributed by atoms with Crippen molar-refractivity contribution in [3.63, 3.8) is 0 Å². The summed E-state index contributed by atoms with van der Waals surface area (Å²) in [6, 6.07) is 6.53. The predicted octanol–water partition coefficient (Wildman–Crippen LogP) is 0.514. The Balaban J connectivity index is 1.98. The number of amides is 2. The van der Waals surface area contributed by atoms with Crippen LogP contribution < -0.4 is 15.8 Å². The normalized spacial score (nSPS) is 21.6. The number of nitrogens with zero attached hydrogens (tertiary/aromatic N) is 1. The Morgan fingerprint density at radius 2 is 2.04 bits per heavy atom. The van der Waals surface area contributed by atoms with Crippen LogP contribution in [0.1, 0.15) is 37.0 Å². The molecule has 1 aromatic carbocycles. The number of nitrogens with one attached hydrogen (secondary N) is 1. The number of carbonyl (C=O) groups is 2. The number of carbonyl (C=O) groups excluding carboxylic acids is 2. The quantitative estimate of drug-likeness (QED) is 0.694. The van der Waals surface area contributed by atoms with E-state index < -0.39 is 12.0 Å². The van der Waals surface area contributed by atoms with Gasteiger partial charge in [0.05, 0.1) is 12.1 Å². The van der Waals surface area contributed by atoms with E-state index in [-0.39, 0.29) is 18.6 Å². The third kappa shape index (κ3) is 5.72. The maximum Gasteiger partial charge on any atom is 0.255 e. The van der Waals surface area contributed by atoms with Gasteiger partial charge in [-0.25, -0.2) is 0 Å². The van der Waals surface area contributed by atoms with Gasteiger partial charge in [-0.3, -0.25) is 14.5 Å². The van der Waals surface area contributed by atoms with Gasteiger partial charge in [0, 0.05) is 18.2 Å². The number of aliphatic hydroxyl groups is 1. The van der Waals surface area contributed by atoms with Crippen LogP contribution in [0, 0.1) is 0 Å². The molecular formula is C18H27N3O4. The highest BCUT2D eigenvalue weighted by molar-refractivity contribution is 5.94. The van der Waals surface area contributed by atoms with E-state index in [4.69, 9.17) is 10.5 Å². The average Bonchev–Trinajstić information content (AvgIpc) is 2.75. The first-order valence-electron chi connectivity index (χ1n) is 8.61. The van der Waals surface area contributed by atoms with Crippen molar-refractivity contribution in [2.45, 2.75) is 44.9 Å². The maximum atomic E-state index is 12.5. The lowest BCUT2D eigenvalue weighted by atomic mass is 10.1. The number of hydrogen-bond donors (Lipinski definition) is 3. The first-order valence-corrected chi connectivity index (χ1v) is 8.61. The predicted molar refractivity (Wildman–Crippen MR) is 94.3 cm³/mol. The molecule has 1 aromatic rings. The minimum atomic E-state index is -0.557. The fourth-order valence-corrected chi connectivity index (χ4v) is 2.89. The lowest BCUT2D eigenvalue weighted by molar-refractivity contribution is -0.119. The molecule has 0 unspecified atom stereocenters. The van der Waals surface area contributed by atoms with Crippen molar-refractivity contribution < 1.29 is 19.4 Å². The van der Waals surface area contributed by atoms with Gasteiger partial charge in [0.15, 0.2) is 6.61 Å². The van der Waals surface area contributed by atoms with Crippen molar-refractivity contribution in [2.75, 3.05) is 19.7 Å². The molecule has 1 heterocycles. The molecule has 25 heavy (non-hydrogen) atoms. The molecule has 1 fully saturated rings. The molecule has 7 nitrogen and oxygen atoms in total. The van der Waals surface area contributed by atoms with Crippen LogP contribution in [-0.2, 0) is 4.79 Å². The van der Waals surface area contributed by atoms with E-state index in [0.717, 1.165) is 13.0 Å². The zero-order valence-electron chi connectivity index (χ0n) is 14.8. The maximum absolute atomic E-state index is 12.5. The molecule has 0 aromatic heterocycles. The van der Waals surface area contributed by atoms with Gasteiger partial charge in [-0.15, -0.1) is 0 Å². The summed E-state index contributed by atoms with van der Waals surface area (Å²) in [4.78, 5) is 25.4. The highest BCUT2D eigenvalue weighted by atomic mass is 16.5. The Morgan fingerprint density at radius 1 is 1.36 bits per heavy atom. The standard InChI is InChI=1S/C18H27N3O4/c1-12(2)21-9-3-4-16(22)15(10-21)20-18(24)13-5-7-14(8-6-13)25-11-17(19)23/h5-8,12,15-16,22H,3-4,9-11H2,1-2H3,(H2,19,23)(H,20,24)/t15-,16-/m1/s1. The summed E-state index contributed by atoms with van der Waals surface area (Å²) in [5.41, 5.74) is 5.50. The highest BCUT2D eigenvalue weighted by Crippen LogP contribution is 2.16. The second kappa shape index (κ2) is 8.82. The third-order valence-electron chi connectivity index (χ3n) is 4.39. The molecule has 1 aliphatic rings. The van der Waals surface area contributed by atoms with Crippen LogP contribution in [0.2, 0.25) is 0 Å². The summed E-state index contributed by atoms with van der Waals surface area (Å²) in [5.74, 6) is -0.328. The van der Waals surface area contributed by atoms with Crippen LogP contribution in [0.5, 0.6) is 5.75 Å². The van der Waals surface area contributed by atoms with Crippen LogP contribution in [0.4, 0.5) is 0 Å². The molecule has 0 bridgehead atoms. The minimum absolute atomic E-state index is 0.204. The molecule has 0 aliphatic carbocycles. The average molecular weight is 349 g/mol. The van der Waals surface area contributed by atoms with E-state index in [1.165, 1.54) is 0 Å².